The van der Waals surface area contributed by atoms with Gasteiger partial charge in [0, 0.05) is 12.8 Å². The lowest BCUT2D eigenvalue weighted by atomic mass is 10.0. The van der Waals surface area contributed by atoms with Crippen LogP contribution in [-0.2, 0) is 27.2 Å². The van der Waals surface area contributed by atoms with Gasteiger partial charge in [-0.05, 0) is 24.5 Å². The molecule has 0 fully saturated rings. The number of nitrogens with one attached hydrogen (secondary N) is 1. The van der Waals surface area contributed by atoms with Gasteiger partial charge >= 0.3 is 5.97 Å². The van der Waals surface area contributed by atoms with Crippen molar-refractivity contribution in [1.82, 2.24) is 5.32 Å². The van der Waals surface area contributed by atoms with Gasteiger partial charge in [-0.2, -0.15) is 0 Å². The number of esters is 1. The number of aryl methyl sites for hydroxylation is 2. The van der Waals surface area contributed by atoms with Crippen molar-refractivity contribution in [2.24, 2.45) is 0 Å². The minimum absolute atomic E-state index is 0.152. The second kappa shape index (κ2) is 8.87. The second-order valence-electron chi connectivity index (χ2n) is 5.82. The summed E-state index contributed by atoms with van der Waals surface area (Å²) in [7, 11) is 1.33. The predicted molar refractivity (Wildman–Crippen MR) is 93.6 cm³/mol. The summed E-state index contributed by atoms with van der Waals surface area (Å²) in [5, 5.41) is 2.79. The van der Waals surface area contributed by atoms with E-state index in [0.29, 0.717) is 19.3 Å². The van der Waals surface area contributed by atoms with Crippen LogP contribution in [0.2, 0.25) is 0 Å². The number of carbonyl (C=O) groups is 2. The summed E-state index contributed by atoms with van der Waals surface area (Å²) in [4.78, 5) is 24.1. The minimum atomic E-state index is -0.666. The van der Waals surface area contributed by atoms with Gasteiger partial charge in [0.1, 0.15) is 6.04 Å². The summed E-state index contributed by atoms with van der Waals surface area (Å²) < 4.78 is 4.82. The van der Waals surface area contributed by atoms with Crippen LogP contribution < -0.4 is 5.32 Å². The van der Waals surface area contributed by atoms with Gasteiger partial charge in [0.25, 0.3) is 0 Å². The van der Waals surface area contributed by atoms with E-state index in [4.69, 9.17) is 4.74 Å². The molecule has 0 radical (unpaired) electrons. The smallest absolute Gasteiger partial charge is 0.328 e. The fraction of sp³-hybridized carbons (Fsp3) is 0.300. The highest BCUT2D eigenvalue weighted by Crippen LogP contribution is 2.08. The maximum absolute atomic E-state index is 12.2. The highest BCUT2D eigenvalue weighted by atomic mass is 16.5. The Morgan fingerprint density at radius 2 is 1.67 bits per heavy atom. The molecule has 1 atom stereocenters. The molecule has 0 saturated carbocycles. The first-order chi connectivity index (χ1) is 11.6. The largest absolute Gasteiger partial charge is 0.467 e. The monoisotopic (exact) mass is 325 g/mol. The molecular weight excluding hydrogens is 302 g/mol. The van der Waals surface area contributed by atoms with Crippen molar-refractivity contribution >= 4 is 11.9 Å². The van der Waals surface area contributed by atoms with Gasteiger partial charge in [0.15, 0.2) is 0 Å². The second-order valence-corrected chi connectivity index (χ2v) is 5.82. The van der Waals surface area contributed by atoms with Crippen LogP contribution in [0.3, 0.4) is 0 Å². The molecule has 0 aliphatic carbocycles. The van der Waals surface area contributed by atoms with E-state index in [0.717, 1.165) is 16.7 Å². The number of rotatable bonds is 7. The summed E-state index contributed by atoms with van der Waals surface area (Å²) >= 11 is 0. The van der Waals surface area contributed by atoms with Crippen LogP contribution in [0.15, 0.2) is 54.6 Å². The van der Waals surface area contributed by atoms with Gasteiger partial charge in [-0.15, -0.1) is 0 Å². The first-order valence-electron chi connectivity index (χ1n) is 8.05. The Morgan fingerprint density at radius 3 is 2.29 bits per heavy atom. The molecule has 4 nitrogen and oxygen atoms in total. The summed E-state index contributed by atoms with van der Waals surface area (Å²) in [6.45, 7) is 2.01. The Kier molecular flexibility index (Phi) is 6.55. The van der Waals surface area contributed by atoms with Crippen molar-refractivity contribution in [2.45, 2.75) is 32.2 Å². The maximum Gasteiger partial charge on any atom is 0.328 e. The molecule has 0 spiro atoms. The number of amides is 1. The molecule has 0 aliphatic heterocycles. The van der Waals surface area contributed by atoms with Crippen molar-refractivity contribution < 1.29 is 14.3 Å². The zero-order valence-corrected chi connectivity index (χ0v) is 14.1. The van der Waals surface area contributed by atoms with Crippen LogP contribution >= 0.6 is 0 Å². The molecule has 2 aromatic carbocycles. The first kappa shape index (κ1) is 17.7. The van der Waals surface area contributed by atoms with E-state index in [-0.39, 0.29) is 5.91 Å². The first-order valence-corrected chi connectivity index (χ1v) is 8.05. The summed E-state index contributed by atoms with van der Waals surface area (Å²) in [6.07, 6.45) is 1.40. The van der Waals surface area contributed by atoms with Crippen molar-refractivity contribution in [2.75, 3.05) is 7.11 Å². The quantitative estimate of drug-likeness (QED) is 0.797. The van der Waals surface area contributed by atoms with Crippen LogP contribution in [-0.4, -0.2) is 25.0 Å². The summed E-state index contributed by atoms with van der Waals surface area (Å²) in [5.41, 5.74) is 3.24. The molecule has 0 unspecified atom stereocenters. The normalized spacial score (nSPS) is 11.6. The molecule has 0 aliphatic rings. The Balaban J connectivity index is 1.93. The number of ether oxygens (including phenoxy) is 1. The molecule has 4 heteroatoms. The Hall–Kier alpha value is -2.62. The number of carbonyl (C=O) groups excluding carboxylic acids is 2. The highest BCUT2D eigenvalue weighted by Gasteiger charge is 2.21. The molecule has 2 aromatic rings. The lowest BCUT2D eigenvalue weighted by Crippen LogP contribution is -2.43. The maximum atomic E-state index is 12.2. The van der Waals surface area contributed by atoms with Crippen molar-refractivity contribution in [3.63, 3.8) is 0 Å². The zero-order chi connectivity index (χ0) is 17.4. The molecule has 0 heterocycles. The van der Waals surface area contributed by atoms with Gasteiger partial charge in [-0.1, -0.05) is 60.2 Å². The fourth-order valence-electron chi connectivity index (χ4n) is 2.46. The van der Waals surface area contributed by atoms with Crippen LogP contribution in [0.5, 0.6) is 0 Å². The van der Waals surface area contributed by atoms with Gasteiger partial charge in [0.2, 0.25) is 5.91 Å². The minimum Gasteiger partial charge on any atom is -0.467 e. The van der Waals surface area contributed by atoms with Crippen molar-refractivity contribution in [3.8, 4) is 0 Å². The molecule has 0 aromatic heterocycles. The third-order valence-corrected chi connectivity index (χ3v) is 3.86. The Bertz CT molecular complexity index is 665. The van der Waals surface area contributed by atoms with Crippen LogP contribution in [0.25, 0.3) is 0 Å². The third-order valence-electron chi connectivity index (χ3n) is 3.86. The van der Waals surface area contributed by atoms with Crippen LogP contribution in [0, 0.1) is 6.92 Å². The number of hydrogen-bond donors (Lipinski definition) is 1. The van der Waals surface area contributed by atoms with E-state index >= 15 is 0 Å². The van der Waals surface area contributed by atoms with E-state index in [2.05, 4.69) is 5.32 Å². The van der Waals surface area contributed by atoms with Crippen molar-refractivity contribution in [3.05, 3.63) is 71.3 Å². The zero-order valence-electron chi connectivity index (χ0n) is 14.1. The van der Waals surface area contributed by atoms with E-state index in [1.165, 1.54) is 7.11 Å². The van der Waals surface area contributed by atoms with Gasteiger partial charge in [-0.25, -0.2) is 4.79 Å². The Morgan fingerprint density at radius 1 is 1.00 bits per heavy atom. The Labute approximate surface area is 142 Å². The van der Waals surface area contributed by atoms with E-state index in [9.17, 15) is 9.59 Å². The number of hydrogen-bond acceptors (Lipinski definition) is 3. The van der Waals surface area contributed by atoms with Crippen molar-refractivity contribution in [1.29, 1.82) is 0 Å². The molecule has 1 N–H and O–H groups in total. The molecule has 0 saturated heterocycles. The molecule has 2 rings (SSSR count). The summed E-state index contributed by atoms with van der Waals surface area (Å²) in [5.74, 6) is -0.579. The standard InChI is InChI=1S/C20H23NO3/c1-15-8-10-17(11-9-15)14-18(20(23)24-2)21-19(22)13-12-16-6-4-3-5-7-16/h3-11,18H,12-14H2,1-2H3,(H,21,22)/t18-/m1/s1. The summed E-state index contributed by atoms with van der Waals surface area (Å²) in [6, 6.07) is 17.0. The average Bonchev–Trinajstić information content (AvgIpc) is 2.61. The average molecular weight is 325 g/mol. The SMILES string of the molecule is COC(=O)[C@@H](Cc1ccc(C)cc1)NC(=O)CCc1ccccc1. The van der Waals surface area contributed by atoms with Gasteiger partial charge in [0.05, 0.1) is 7.11 Å². The van der Waals surface area contributed by atoms with E-state index in [1.54, 1.807) is 0 Å². The lowest BCUT2D eigenvalue weighted by molar-refractivity contribution is -0.145. The van der Waals surface area contributed by atoms with Gasteiger partial charge in [-0.3, -0.25) is 4.79 Å². The molecule has 126 valence electrons. The molecule has 1 amide bonds. The van der Waals surface area contributed by atoms with E-state index < -0.39 is 12.0 Å². The number of methoxy groups -OCH3 is 1. The lowest BCUT2D eigenvalue weighted by Gasteiger charge is -2.17. The molecular formula is C20H23NO3. The predicted octanol–water partition coefficient (Wildman–Crippen LogP) is 2.83. The third kappa shape index (κ3) is 5.54. The van der Waals surface area contributed by atoms with Gasteiger partial charge < -0.3 is 10.1 Å². The highest BCUT2D eigenvalue weighted by molar-refractivity contribution is 5.84. The molecule has 24 heavy (non-hydrogen) atoms. The van der Waals surface area contributed by atoms with Crippen LogP contribution in [0.4, 0.5) is 0 Å². The van der Waals surface area contributed by atoms with E-state index in [1.807, 2.05) is 61.5 Å². The molecule has 0 bridgehead atoms. The number of benzene rings is 2. The fourth-order valence-corrected chi connectivity index (χ4v) is 2.46. The topological polar surface area (TPSA) is 55.4 Å². The van der Waals surface area contributed by atoms with Crippen LogP contribution in [0.1, 0.15) is 23.1 Å².